The van der Waals surface area contributed by atoms with Crippen LogP contribution in [0.15, 0.2) is 30.3 Å². The van der Waals surface area contributed by atoms with Crippen molar-refractivity contribution in [1.82, 2.24) is 5.32 Å². The first-order valence-corrected chi connectivity index (χ1v) is 6.25. The van der Waals surface area contributed by atoms with Gasteiger partial charge in [-0.15, -0.1) is 0 Å². The number of ether oxygens (including phenoxy) is 1. The van der Waals surface area contributed by atoms with E-state index in [1.165, 1.54) is 0 Å². The van der Waals surface area contributed by atoms with E-state index < -0.39 is 12.0 Å². The van der Waals surface area contributed by atoms with Crippen LogP contribution in [-0.2, 0) is 9.53 Å². The quantitative estimate of drug-likeness (QED) is 0.774. The molecule has 0 heterocycles. The Bertz CT molecular complexity index is 389. The second kappa shape index (κ2) is 5.98. The van der Waals surface area contributed by atoms with Gasteiger partial charge >= 0.3 is 5.97 Å². The van der Waals surface area contributed by atoms with Gasteiger partial charge in [-0.3, -0.25) is 10.1 Å². The lowest BCUT2D eigenvalue weighted by Gasteiger charge is -2.23. The van der Waals surface area contributed by atoms with Gasteiger partial charge in [-0.05, 0) is 24.3 Å². The number of nitrogens with one attached hydrogen (secondary N) is 1. The molecule has 1 aliphatic carbocycles. The minimum atomic E-state index is -0.769. The maximum absolute atomic E-state index is 11.2. The fourth-order valence-corrected chi connectivity index (χ4v) is 2.15. The zero-order valence-electron chi connectivity index (χ0n) is 10.5. The molecule has 1 aromatic rings. The highest BCUT2D eigenvalue weighted by Crippen LogP contribution is 2.34. The number of carbonyl (C=O) groups is 1. The Morgan fingerprint density at radius 2 is 2.11 bits per heavy atom. The van der Waals surface area contributed by atoms with E-state index in [9.17, 15) is 9.90 Å². The first-order chi connectivity index (χ1) is 8.72. The Labute approximate surface area is 107 Å². The highest BCUT2D eigenvalue weighted by Gasteiger charge is 2.37. The van der Waals surface area contributed by atoms with E-state index in [0.717, 1.165) is 18.4 Å². The normalized spacial score (nSPS) is 18.3. The third-order valence-corrected chi connectivity index (χ3v) is 3.28. The number of hydrogen-bond acceptors (Lipinski definition) is 3. The number of carboxylic acids is 1. The fourth-order valence-electron chi connectivity index (χ4n) is 2.15. The molecule has 2 atom stereocenters. The van der Waals surface area contributed by atoms with Gasteiger partial charge in [-0.2, -0.15) is 0 Å². The van der Waals surface area contributed by atoms with Crippen molar-refractivity contribution in [2.45, 2.75) is 24.9 Å². The van der Waals surface area contributed by atoms with E-state index in [1.807, 2.05) is 30.3 Å². The van der Waals surface area contributed by atoms with Crippen LogP contribution in [0.3, 0.4) is 0 Å². The standard InChI is InChI=1S/C14H19NO3/c1-18-9-12(10-5-3-2-4-6-10)15-13(14(16)17)11-7-8-11/h2-6,11-13,15H,7-9H2,1H3,(H,16,17). The first-order valence-electron chi connectivity index (χ1n) is 6.25. The molecule has 0 saturated heterocycles. The molecule has 18 heavy (non-hydrogen) atoms. The maximum atomic E-state index is 11.2. The van der Waals surface area contributed by atoms with Crippen LogP contribution in [0.25, 0.3) is 0 Å². The third-order valence-electron chi connectivity index (χ3n) is 3.28. The Balaban J connectivity index is 2.07. The number of hydrogen-bond donors (Lipinski definition) is 2. The summed E-state index contributed by atoms with van der Waals surface area (Å²) in [5.41, 5.74) is 1.06. The van der Waals surface area contributed by atoms with Gasteiger partial charge < -0.3 is 9.84 Å². The lowest BCUT2D eigenvalue weighted by atomic mass is 10.1. The molecule has 1 aliphatic rings. The minimum absolute atomic E-state index is 0.0714. The minimum Gasteiger partial charge on any atom is -0.480 e. The van der Waals surface area contributed by atoms with Crippen molar-refractivity contribution in [3.05, 3.63) is 35.9 Å². The van der Waals surface area contributed by atoms with Crippen LogP contribution in [0, 0.1) is 5.92 Å². The third kappa shape index (κ3) is 3.31. The molecule has 4 heteroatoms. The van der Waals surface area contributed by atoms with Gasteiger partial charge in [-0.1, -0.05) is 30.3 Å². The van der Waals surface area contributed by atoms with Crippen molar-refractivity contribution >= 4 is 5.97 Å². The van der Waals surface area contributed by atoms with Crippen LogP contribution in [-0.4, -0.2) is 30.8 Å². The molecular weight excluding hydrogens is 230 g/mol. The lowest BCUT2D eigenvalue weighted by Crippen LogP contribution is -2.42. The predicted molar refractivity (Wildman–Crippen MR) is 68.3 cm³/mol. The zero-order chi connectivity index (χ0) is 13.0. The van der Waals surface area contributed by atoms with Gasteiger partial charge in [0.05, 0.1) is 12.6 Å². The van der Waals surface area contributed by atoms with Crippen LogP contribution < -0.4 is 5.32 Å². The first kappa shape index (κ1) is 13.1. The Kier molecular flexibility index (Phi) is 4.33. The molecule has 0 amide bonds. The molecule has 1 fully saturated rings. The highest BCUT2D eigenvalue weighted by molar-refractivity contribution is 5.74. The second-order valence-corrected chi connectivity index (χ2v) is 4.74. The molecule has 1 saturated carbocycles. The number of rotatable bonds is 7. The summed E-state index contributed by atoms with van der Waals surface area (Å²) in [6.07, 6.45) is 2.00. The van der Waals surface area contributed by atoms with Gasteiger partial charge in [0.15, 0.2) is 0 Å². The highest BCUT2D eigenvalue weighted by atomic mass is 16.5. The molecule has 2 N–H and O–H groups in total. The average Bonchev–Trinajstić information content (AvgIpc) is 3.19. The molecule has 4 nitrogen and oxygen atoms in total. The van der Waals surface area contributed by atoms with Crippen molar-refractivity contribution in [2.24, 2.45) is 5.92 Å². The fraction of sp³-hybridized carbons (Fsp3) is 0.500. The summed E-state index contributed by atoms with van der Waals surface area (Å²) in [6.45, 7) is 0.473. The summed E-state index contributed by atoms with van der Waals surface area (Å²) in [5.74, 6) is -0.500. The monoisotopic (exact) mass is 249 g/mol. The molecule has 0 radical (unpaired) electrons. The van der Waals surface area contributed by atoms with Gasteiger partial charge in [0.1, 0.15) is 6.04 Å². The Morgan fingerprint density at radius 1 is 1.44 bits per heavy atom. The molecule has 0 aliphatic heterocycles. The summed E-state index contributed by atoms with van der Waals surface area (Å²) in [6, 6.07) is 9.29. The zero-order valence-corrected chi connectivity index (χ0v) is 10.5. The predicted octanol–water partition coefficient (Wildman–Crippen LogP) is 1.83. The summed E-state index contributed by atoms with van der Waals surface area (Å²) < 4.78 is 5.18. The summed E-state index contributed by atoms with van der Waals surface area (Å²) in [7, 11) is 1.63. The number of benzene rings is 1. The van der Waals surface area contributed by atoms with Gasteiger partial charge in [0.25, 0.3) is 0 Å². The molecule has 0 bridgehead atoms. The number of methoxy groups -OCH3 is 1. The number of carboxylic acid groups (broad SMARTS) is 1. The Morgan fingerprint density at radius 3 is 2.61 bits per heavy atom. The average molecular weight is 249 g/mol. The van der Waals surface area contributed by atoms with Crippen LogP contribution in [0.5, 0.6) is 0 Å². The molecule has 2 rings (SSSR count). The van der Waals surface area contributed by atoms with Crippen LogP contribution in [0.2, 0.25) is 0 Å². The molecule has 0 aromatic heterocycles. The molecule has 98 valence electrons. The topological polar surface area (TPSA) is 58.6 Å². The van der Waals surface area contributed by atoms with Crippen molar-refractivity contribution in [1.29, 1.82) is 0 Å². The summed E-state index contributed by atoms with van der Waals surface area (Å²) in [5, 5.41) is 12.5. The van der Waals surface area contributed by atoms with E-state index in [0.29, 0.717) is 6.61 Å². The largest absolute Gasteiger partial charge is 0.480 e. The maximum Gasteiger partial charge on any atom is 0.321 e. The summed E-state index contributed by atoms with van der Waals surface area (Å²) >= 11 is 0. The van der Waals surface area contributed by atoms with Crippen molar-refractivity contribution in [2.75, 3.05) is 13.7 Å². The molecule has 2 unspecified atom stereocenters. The summed E-state index contributed by atoms with van der Waals surface area (Å²) in [4.78, 5) is 11.2. The Hall–Kier alpha value is -1.39. The van der Waals surface area contributed by atoms with E-state index in [4.69, 9.17) is 4.74 Å². The molecule has 1 aromatic carbocycles. The SMILES string of the molecule is COCC(NC(C(=O)O)C1CC1)c1ccccc1. The molecule has 0 spiro atoms. The van der Waals surface area contributed by atoms with Crippen molar-refractivity contribution in [3.8, 4) is 0 Å². The van der Waals surface area contributed by atoms with Crippen molar-refractivity contribution < 1.29 is 14.6 Å². The van der Waals surface area contributed by atoms with E-state index in [-0.39, 0.29) is 12.0 Å². The van der Waals surface area contributed by atoms with E-state index in [2.05, 4.69) is 5.32 Å². The van der Waals surface area contributed by atoms with E-state index >= 15 is 0 Å². The van der Waals surface area contributed by atoms with Gasteiger partial charge in [-0.25, -0.2) is 0 Å². The van der Waals surface area contributed by atoms with Gasteiger partial charge in [0, 0.05) is 7.11 Å². The van der Waals surface area contributed by atoms with Crippen LogP contribution >= 0.6 is 0 Å². The number of aliphatic carboxylic acids is 1. The second-order valence-electron chi connectivity index (χ2n) is 4.74. The smallest absolute Gasteiger partial charge is 0.321 e. The van der Waals surface area contributed by atoms with E-state index in [1.54, 1.807) is 7.11 Å². The lowest BCUT2D eigenvalue weighted by molar-refractivity contribution is -0.140. The van der Waals surface area contributed by atoms with Crippen LogP contribution in [0.4, 0.5) is 0 Å². The van der Waals surface area contributed by atoms with Gasteiger partial charge in [0.2, 0.25) is 0 Å². The van der Waals surface area contributed by atoms with Crippen molar-refractivity contribution in [3.63, 3.8) is 0 Å². The van der Waals surface area contributed by atoms with Crippen LogP contribution in [0.1, 0.15) is 24.4 Å². The molecular formula is C14H19NO3.